The fourth-order valence-electron chi connectivity index (χ4n) is 1.15. The molecule has 2 aromatic rings. The van der Waals surface area contributed by atoms with Gasteiger partial charge in [0.1, 0.15) is 5.15 Å². The van der Waals surface area contributed by atoms with Crippen LogP contribution < -0.4 is 0 Å². The molecule has 1 aromatic carbocycles. The Morgan fingerprint density at radius 3 is 2.14 bits per heavy atom. The minimum Gasteiger partial charge on any atom is -0.236 e. The molecule has 0 fully saturated rings. The van der Waals surface area contributed by atoms with Gasteiger partial charge in [0.15, 0.2) is 0 Å². The Hall–Kier alpha value is -0.210. The molecule has 0 amide bonds. The average molecular weight is 267 g/mol. The molecular formula is C9H3Cl4N. The highest BCUT2D eigenvalue weighted by Gasteiger charge is 2.06. The number of pyridine rings is 1. The van der Waals surface area contributed by atoms with Gasteiger partial charge in [-0.25, -0.2) is 4.98 Å². The van der Waals surface area contributed by atoms with Crippen molar-refractivity contribution in [2.45, 2.75) is 0 Å². The lowest BCUT2D eigenvalue weighted by Gasteiger charge is -2.02. The van der Waals surface area contributed by atoms with E-state index >= 15 is 0 Å². The Kier molecular flexibility index (Phi) is 2.76. The molecular weight excluding hydrogens is 264 g/mol. The third-order valence-corrected chi connectivity index (χ3v) is 3.00. The highest BCUT2D eigenvalue weighted by atomic mass is 35.5. The fraction of sp³-hybridized carbons (Fsp3) is 0. The van der Waals surface area contributed by atoms with Crippen LogP contribution in [-0.2, 0) is 0 Å². The summed E-state index contributed by atoms with van der Waals surface area (Å²) in [5.41, 5.74) is 0.636. The average Bonchev–Trinajstić information content (AvgIpc) is 2.08. The molecule has 0 saturated heterocycles. The van der Waals surface area contributed by atoms with Gasteiger partial charge in [-0.3, -0.25) is 0 Å². The molecule has 0 unspecified atom stereocenters. The van der Waals surface area contributed by atoms with Crippen molar-refractivity contribution in [3.05, 3.63) is 38.4 Å². The van der Waals surface area contributed by atoms with E-state index in [9.17, 15) is 0 Å². The first-order chi connectivity index (χ1) is 6.58. The Bertz CT molecular complexity index is 510. The predicted molar refractivity (Wildman–Crippen MR) is 61.8 cm³/mol. The summed E-state index contributed by atoms with van der Waals surface area (Å²) in [6, 6.07) is 4.87. The molecule has 0 atom stereocenters. The number of fused-ring (bicyclic) bond motifs is 1. The first-order valence-electron chi connectivity index (χ1n) is 3.69. The predicted octanol–water partition coefficient (Wildman–Crippen LogP) is 4.85. The van der Waals surface area contributed by atoms with Crippen molar-refractivity contribution in [1.29, 1.82) is 0 Å². The highest BCUT2D eigenvalue weighted by Crippen LogP contribution is 2.32. The van der Waals surface area contributed by atoms with E-state index in [2.05, 4.69) is 4.98 Å². The van der Waals surface area contributed by atoms with Crippen LogP contribution in [0, 0.1) is 0 Å². The number of hydrogen-bond donors (Lipinski definition) is 0. The fourth-order valence-corrected chi connectivity index (χ4v) is 1.98. The van der Waals surface area contributed by atoms with Gasteiger partial charge in [0.2, 0.25) is 0 Å². The Balaban J connectivity index is 2.89. The van der Waals surface area contributed by atoms with Gasteiger partial charge in [0.25, 0.3) is 0 Å². The molecule has 2 rings (SSSR count). The number of nitrogens with zero attached hydrogens (tertiary/aromatic N) is 1. The van der Waals surface area contributed by atoms with E-state index in [4.69, 9.17) is 46.4 Å². The maximum Gasteiger partial charge on any atom is 0.131 e. The second kappa shape index (κ2) is 3.74. The Morgan fingerprint density at radius 2 is 1.43 bits per heavy atom. The zero-order valence-corrected chi connectivity index (χ0v) is 9.71. The molecule has 0 bridgehead atoms. The third kappa shape index (κ3) is 1.78. The summed E-state index contributed by atoms with van der Waals surface area (Å²) >= 11 is 23.4. The molecule has 0 aliphatic carbocycles. The molecule has 0 spiro atoms. The Morgan fingerprint density at radius 1 is 0.786 bits per heavy atom. The van der Waals surface area contributed by atoms with Crippen molar-refractivity contribution < 1.29 is 0 Å². The van der Waals surface area contributed by atoms with Gasteiger partial charge in [-0.2, -0.15) is 0 Å². The van der Waals surface area contributed by atoms with Crippen LogP contribution in [0.1, 0.15) is 0 Å². The second-order valence-electron chi connectivity index (χ2n) is 2.71. The first kappa shape index (κ1) is 10.3. The largest absolute Gasteiger partial charge is 0.236 e. The Labute approximate surface area is 101 Å². The van der Waals surface area contributed by atoms with E-state index in [1.54, 1.807) is 18.2 Å². The summed E-state index contributed by atoms with van der Waals surface area (Å²) in [5.74, 6) is 0. The molecule has 0 saturated carbocycles. The van der Waals surface area contributed by atoms with Crippen LogP contribution in [0.2, 0.25) is 20.2 Å². The monoisotopic (exact) mass is 265 g/mol. The summed E-state index contributed by atoms with van der Waals surface area (Å²) < 4.78 is 0. The molecule has 1 aromatic heterocycles. The van der Waals surface area contributed by atoms with Crippen molar-refractivity contribution in [2.75, 3.05) is 0 Å². The highest BCUT2D eigenvalue weighted by molar-refractivity contribution is 6.44. The van der Waals surface area contributed by atoms with Crippen molar-refractivity contribution in [3.63, 3.8) is 0 Å². The van der Waals surface area contributed by atoms with Crippen LogP contribution >= 0.6 is 46.4 Å². The summed E-state index contributed by atoms with van der Waals surface area (Å²) in [5, 5.41) is 2.47. The minimum atomic E-state index is 0.334. The van der Waals surface area contributed by atoms with E-state index in [0.717, 1.165) is 5.39 Å². The molecule has 0 aliphatic rings. The van der Waals surface area contributed by atoms with E-state index in [1.165, 1.54) is 0 Å². The first-order valence-corrected chi connectivity index (χ1v) is 5.20. The molecule has 14 heavy (non-hydrogen) atoms. The van der Waals surface area contributed by atoms with Crippen molar-refractivity contribution >= 4 is 57.3 Å². The standard InChI is InChI=1S/C9H3Cl4N/c10-5-3-9(13)14-8-2-7(12)6(11)1-4(5)8/h1-3H. The topological polar surface area (TPSA) is 12.9 Å². The van der Waals surface area contributed by atoms with E-state index in [1.807, 2.05) is 0 Å². The SMILES string of the molecule is Clc1cc(Cl)c2cc(Cl)c(Cl)cc2n1. The molecule has 5 heteroatoms. The lowest BCUT2D eigenvalue weighted by Crippen LogP contribution is -1.82. The number of halogens is 4. The number of aromatic nitrogens is 1. The zero-order chi connectivity index (χ0) is 10.3. The minimum absolute atomic E-state index is 0.334. The van der Waals surface area contributed by atoms with Crippen LogP contribution in [0.25, 0.3) is 10.9 Å². The molecule has 1 nitrogen and oxygen atoms in total. The summed E-state index contributed by atoms with van der Waals surface area (Å²) in [6.45, 7) is 0. The van der Waals surface area contributed by atoms with Crippen LogP contribution in [0.4, 0.5) is 0 Å². The van der Waals surface area contributed by atoms with Crippen molar-refractivity contribution in [3.8, 4) is 0 Å². The maximum atomic E-state index is 5.96. The molecule has 0 N–H and O–H groups in total. The van der Waals surface area contributed by atoms with Gasteiger partial charge >= 0.3 is 0 Å². The van der Waals surface area contributed by atoms with Crippen molar-refractivity contribution in [1.82, 2.24) is 4.98 Å². The van der Waals surface area contributed by atoms with Gasteiger partial charge in [0.05, 0.1) is 20.6 Å². The van der Waals surface area contributed by atoms with Gasteiger partial charge in [-0.15, -0.1) is 0 Å². The second-order valence-corrected chi connectivity index (χ2v) is 4.32. The van der Waals surface area contributed by atoms with E-state index in [0.29, 0.717) is 25.7 Å². The van der Waals surface area contributed by atoms with Crippen LogP contribution in [0.3, 0.4) is 0 Å². The van der Waals surface area contributed by atoms with Gasteiger partial charge in [-0.05, 0) is 18.2 Å². The quantitative estimate of drug-likeness (QED) is 0.622. The molecule has 72 valence electrons. The number of hydrogen-bond acceptors (Lipinski definition) is 1. The molecule has 0 aliphatic heterocycles. The smallest absolute Gasteiger partial charge is 0.131 e. The number of rotatable bonds is 0. The van der Waals surface area contributed by atoms with Crippen molar-refractivity contribution in [2.24, 2.45) is 0 Å². The van der Waals surface area contributed by atoms with Crippen LogP contribution in [-0.4, -0.2) is 4.98 Å². The summed E-state index contributed by atoms with van der Waals surface area (Å²) in [6.07, 6.45) is 0. The third-order valence-electron chi connectivity index (χ3n) is 1.77. The normalized spacial score (nSPS) is 10.9. The summed E-state index contributed by atoms with van der Waals surface area (Å²) in [4.78, 5) is 4.08. The van der Waals surface area contributed by atoms with Gasteiger partial charge < -0.3 is 0 Å². The maximum absolute atomic E-state index is 5.96. The molecule has 1 heterocycles. The zero-order valence-electron chi connectivity index (χ0n) is 6.69. The van der Waals surface area contributed by atoms with Crippen LogP contribution in [0.15, 0.2) is 18.2 Å². The van der Waals surface area contributed by atoms with Gasteiger partial charge in [-0.1, -0.05) is 46.4 Å². The summed E-state index contributed by atoms with van der Waals surface area (Å²) in [7, 11) is 0. The number of benzene rings is 1. The van der Waals surface area contributed by atoms with E-state index in [-0.39, 0.29) is 0 Å². The lowest BCUT2D eigenvalue weighted by molar-refractivity contribution is 1.41. The lowest BCUT2D eigenvalue weighted by atomic mass is 10.2. The van der Waals surface area contributed by atoms with Gasteiger partial charge in [0, 0.05) is 5.39 Å². The van der Waals surface area contributed by atoms with E-state index < -0.39 is 0 Å². The van der Waals surface area contributed by atoms with Crippen LogP contribution in [0.5, 0.6) is 0 Å². The molecule has 0 radical (unpaired) electrons.